The second-order valence-corrected chi connectivity index (χ2v) is 6.12. The molecule has 24 heavy (non-hydrogen) atoms. The van der Waals surface area contributed by atoms with Crippen LogP contribution in [0.5, 0.6) is 0 Å². The van der Waals surface area contributed by atoms with Crippen molar-refractivity contribution >= 4 is 6.09 Å². The molecule has 0 aromatic carbocycles. The summed E-state index contributed by atoms with van der Waals surface area (Å²) in [6, 6.07) is 3.75. The first-order valence-electron chi connectivity index (χ1n) is 7.99. The number of hydrogen-bond donors (Lipinski definition) is 1. The summed E-state index contributed by atoms with van der Waals surface area (Å²) in [5, 5.41) is 12.8. The fourth-order valence-corrected chi connectivity index (χ4v) is 3.25. The van der Waals surface area contributed by atoms with E-state index in [1.165, 1.54) is 11.2 Å². The van der Waals surface area contributed by atoms with E-state index in [-0.39, 0.29) is 6.04 Å². The Hall–Kier alpha value is -2.48. The SMILES string of the molecule is CN(CC1CCN(C(=O)O)CC1)C(c1ccncc1)c1ncno1. The average molecular weight is 331 g/mol. The Balaban J connectivity index is 1.69. The molecule has 1 N–H and O–H groups in total. The van der Waals surface area contributed by atoms with Gasteiger partial charge in [0.15, 0.2) is 6.33 Å². The van der Waals surface area contributed by atoms with Crippen molar-refractivity contribution in [3.8, 4) is 0 Å². The molecule has 0 bridgehead atoms. The zero-order chi connectivity index (χ0) is 16.9. The normalized spacial score (nSPS) is 17.2. The molecule has 1 unspecified atom stereocenters. The Morgan fingerprint density at radius 3 is 2.71 bits per heavy atom. The number of aromatic nitrogens is 3. The summed E-state index contributed by atoms with van der Waals surface area (Å²) in [7, 11) is 2.03. The number of hydrogen-bond acceptors (Lipinski definition) is 6. The first kappa shape index (κ1) is 16.4. The van der Waals surface area contributed by atoms with Crippen LogP contribution < -0.4 is 0 Å². The van der Waals surface area contributed by atoms with Crippen LogP contribution in [0, 0.1) is 5.92 Å². The zero-order valence-corrected chi connectivity index (χ0v) is 13.6. The molecular weight excluding hydrogens is 310 g/mol. The topological polar surface area (TPSA) is 95.6 Å². The molecule has 3 rings (SSSR count). The number of rotatable bonds is 5. The first-order valence-corrected chi connectivity index (χ1v) is 7.99. The number of carbonyl (C=O) groups is 1. The van der Waals surface area contributed by atoms with Crippen LogP contribution in [0.25, 0.3) is 0 Å². The number of carboxylic acid groups (broad SMARTS) is 1. The Morgan fingerprint density at radius 1 is 1.42 bits per heavy atom. The predicted molar refractivity (Wildman–Crippen MR) is 85.3 cm³/mol. The largest absolute Gasteiger partial charge is 0.465 e. The second kappa shape index (κ2) is 7.39. The fraction of sp³-hybridized carbons (Fsp3) is 0.500. The van der Waals surface area contributed by atoms with E-state index in [4.69, 9.17) is 9.63 Å². The zero-order valence-electron chi connectivity index (χ0n) is 13.6. The second-order valence-electron chi connectivity index (χ2n) is 6.12. The van der Waals surface area contributed by atoms with E-state index in [1.54, 1.807) is 12.4 Å². The molecule has 1 fully saturated rings. The summed E-state index contributed by atoms with van der Waals surface area (Å²) in [6.45, 7) is 2.02. The van der Waals surface area contributed by atoms with E-state index in [0.717, 1.165) is 24.9 Å². The minimum absolute atomic E-state index is 0.131. The highest BCUT2D eigenvalue weighted by molar-refractivity contribution is 5.64. The molecule has 1 saturated heterocycles. The van der Waals surface area contributed by atoms with Crippen LogP contribution in [0.3, 0.4) is 0 Å². The lowest BCUT2D eigenvalue weighted by Gasteiger charge is -2.34. The maximum absolute atomic E-state index is 11.0. The molecule has 2 aromatic heterocycles. The first-order chi connectivity index (χ1) is 11.6. The summed E-state index contributed by atoms with van der Waals surface area (Å²) >= 11 is 0. The molecule has 128 valence electrons. The van der Waals surface area contributed by atoms with Crippen LogP contribution in [0.15, 0.2) is 35.4 Å². The van der Waals surface area contributed by atoms with Gasteiger partial charge < -0.3 is 14.5 Å². The molecule has 8 nitrogen and oxygen atoms in total. The minimum Gasteiger partial charge on any atom is -0.465 e. The van der Waals surface area contributed by atoms with Crippen LogP contribution in [-0.4, -0.2) is 62.8 Å². The van der Waals surface area contributed by atoms with E-state index in [0.29, 0.717) is 24.9 Å². The van der Waals surface area contributed by atoms with Gasteiger partial charge in [-0.25, -0.2) is 4.79 Å². The van der Waals surface area contributed by atoms with Crippen LogP contribution in [0.1, 0.15) is 30.3 Å². The van der Waals surface area contributed by atoms with Crippen molar-refractivity contribution in [1.29, 1.82) is 0 Å². The van der Waals surface area contributed by atoms with Gasteiger partial charge in [0.1, 0.15) is 6.04 Å². The molecule has 1 amide bonds. The van der Waals surface area contributed by atoms with Gasteiger partial charge in [-0.3, -0.25) is 9.88 Å². The Morgan fingerprint density at radius 2 is 2.12 bits per heavy atom. The van der Waals surface area contributed by atoms with Gasteiger partial charge in [-0.1, -0.05) is 5.16 Å². The molecule has 2 aromatic rings. The van der Waals surface area contributed by atoms with Crippen molar-refractivity contribution in [2.24, 2.45) is 5.92 Å². The van der Waals surface area contributed by atoms with Gasteiger partial charge in [-0.05, 0) is 43.5 Å². The van der Waals surface area contributed by atoms with Crippen molar-refractivity contribution in [3.63, 3.8) is 0 Å². The fourth-order valence-electron chi connectivity index (χ4n) is 3.25. The molecule has 1 atom stereocenters. The van der Waals surface area contributed by atoms with Crippen molar-refractivity contribution in [1.82, 2.24) is 24.9 Å². The molecule has 0 spiro atoms. The van der Waals surface area contributed by atoms with Gasteiger partial charge in [-0.15, -0.1) is 0 Å². The standard InChI is InChI=1S/C16H21N5O3/c1-20(10-12-4-8-21(9-5-12)16(22)23)14(15-18-11-19-24-15)13-2-6-17-7-3-13/h2-3,6-7,11-12,14H,4-5,8-10H2,1H3,(H,22,23). The Kier molecular flexibility index (Phi) is 5.05. The van der Waals surface area contributed by atoms with E-state index in [2.05, 4.69) is 20.0 Å². The van der Waals surface area contributed by atoms with E-state index >= 15 is 0 Å². The number of pyridine rings is 1. The van der Waals surface area contributed by atoms with E-state index in [1.807, 2.05) is 19.2 Å². The number of piperidine rings is 1. The number of amides is 1. The van der Waals surface area contributed by atoms with Crippen molar-refractivity contribution in [2.75, 3.05) is 26.7 Å². The number of nitrogens with zero attached hydrogens (tertiary/aromatic N) is 5. The summed E-state index contributed by atoms with van der Waals surface area (Å²) < 4.78 is 5.30. The predicted octanol–water partition coefficient (Wildman–Crippen LogP) is 1.88. The van der Waals surface area contributed by atoms with Crippen LogP contribution >= 0.6 is 0 Å². The van der Waals surface area contributed by atoms with E-state index < -0.39 is 6.09 Å². The molecule has 1 aliphatic rings. The summed E-state index contributed by atoms with van der Waals surface area (Å²) in [5.41, 5.74) is 1.04. The monoisotopic (exact) mass is 331 g/mol. The van der Waals surface area contributed by atoms with Crippen molar-refractivity contribution in [2.45, 2.75) is 18.9 Å². The maximum Gasteiger partial charge on any atom is 0.407 e. The third-order valence-corrected chi connectivity index (χ3v) is 4.51. The summed E-state index contributed by atoms with van der Waals surface area (Å²) in [4.78, 5) is 23.0. The molecule has 8 heteroatoms. The van der Waals surface area contributed by atoms with Gasteiger partial charge >= 0.3 is 6.09 Å². The maximum atomic E-state index is 11.0. The van der Waals surface area contributed by atoms with Crippen LogP contribution in [0.2, 0.25) is 0 Å². The van der Waals surface area contributed by atoms with Gasteiger partial charge in [-0.2, -0.15) is 4.98 Å². The molecular formula is C16H21N5O3. The quantitative estimate of drug-likeness (QED) is 0.893. The highest BCUT2D eigenvalue weighted by atomic mass is 16.5. The molecule has 0 aliphatic carbocycles. The minimum atomic E-state index is -0.831. The van der Waals surface area contributed by atoms with Crippen LogP contribution in [-0.2, 0) is 0 Å². The lowest BCUT2D eigenvalue weighted by molar-refractivity contribution is 0.110. The molecule has 0 radical (unpaired) electrons. The van der Waals surface area contributed by atoms with Crippen LogP contribution in [0.4, 0.5) is 4.79 Å². The van der Waals surface area contributed by atoms with Gasteiger partial charge in [0.25, 0.3) is 0 Å². The molecule has 1 aliphatic heterocycles. The Bertz CT molecular complexity index is 641. The van der Waals surface area contributed by atoms with Crippen molar-refractivity contribution < 1.29 is 14.4 Å². The van der Waals surface area contributed by atoms with Crippen molar-refractivity contribution in [3.05, 3.63) is 42.3 Å². The third-order valence-electron chi connectivity index (χ3n) is 4.51. The van der Waals surface area contributed by atoms with Gasteiger partial charge in [0.2, 0.25) is 5.89 Å². The molecule has 3 heterocycles. The summed E-state index contributed by atoms with van der Waals surface area (Å²) in [6.07, 6.45) is 5.80. The van der Waals surface area contributed by atoms with E-state index in [9.17, 15) is 4.79 Å². The van der Waals surface area contributed by atoms with Gasteiger partial charge in [0, 0.05) is 32.0 Å². The van der Waals surface area contributed by atoms with Gasteiger partial charge in [0.05, 0.1) is 0 Å². The average Bonchev–Trinajstić information content (AvgIpc) is 3.10. The lowest BCUT2D eigenvalue weighted by Crippen LogP contribution is -2.41. The molecule has 0 saturated carbocycles. The highest BCUT2D eigenvalue weighted by Gasteiger charge is 2.28. The highest BCUT2D eigenvalue weighted by Crippen LogP contribution is 2.28. The lowest BCUT2D eigenvalue weighted by atomic mass is 9.95. The Labute approximate surface area is 140 Å². The third kappa shape index (κ3) is 3.70. The number of likely N-dealkylation sites (tertiary alicyclic amines) is 1. The summed E-state index contributed by atoms with van der Waals surface area (Å²) in [5.74, 6) is 0.990. The smallest absolute Gasteiger partial charge is 0.407 e.